The van der Waals surface area contributed by atoms with E-state index in [0.29, 0.717) is 26.2 Å². The minimum absolute atomic E-state index is 0.127. The van der Waals surface area contributed by atoms with Crippen molar-refractivity contribution in [2.75, 3.05) is 43.4 Å². The van der Waals surface area contributed by atoms with Gasteiger partial charge in [0.25, 0.3) is 10.0 Å². The maximum Gasteiger partial charge on any atom is 0.256 e. The number of hydrogen-bond acceptors (Lipinski definition) is 10. The van der Waals surface area contributed by atoms with Crippen LogP contribution in [0.1, 0.15) is 39.3 Å². The van der Waals surface area contributed by atoms with Crippen LogP contribution in [-0.2, 0) is 10.0 Å². The van der Waals surface area contributed by atoms with Gasteiger partial charge in [-0.05, 0) is 17.5 Å². The molecule has 1 saturated heterocycles. The number of nitrogens with one attached hydrogen (secondary N) is 2. The molecule has 1 aromatic carbocycles. The maximum absolute atomic E-state index is 13.2. The molecule has 13 heteroatoms. The maximum atomic E-state index is 13.2. The van der Waals surface area contributed by atoms with Gasteiger partial charge in [-0.2, -0.15) is 4.31 Å². The van der Waals surface area contributed by atoms with Crippen LogP contribution in [0.5, 0.6) is 5.75 Å². The van der Waals surface area contributed by atoms with E-state index in [-0.39, 0.29) is 38.7 Å². The molecule has 0 saturated carbocycles. The first-order valence-corrected chi connectivity index (χ1v) is 15.1. The first-order chi connectivity index (χ1) is 17.0. The lowest BCUT2D eigenvalue weighted by Crippen LogP contribution is -2.48. The third-order valence-electron chi connectivity index (χ3n) is 6.18. The second-order valence-corrected chi connectivity index (χ2v) is 13.6. The van der Waals surface area contributed by atoms with E-state index < -0.39 is 21.2 Å². The molecule has 3 aromatic rings. The van der Waals surface area contributed by atoms with Crippen molar-refractivity contribution in [2.24, 2.45) is 5.41 Å². The summed E-state index contributed by atoms with van der Waals surface area (Å²) in [5, 5.41) is 18.6. The molecule has 36 heavy (non-hydrogen) atoms. The number of aromatic nitrogens is 2. The molecule has 0 aliphatic carbocycles. The van der Waals surface area contributed by atoms with E-state index in [1.807, 2.05) is 37.3 Å². The molecule has 3 N–H and O–H groups in total. The molecule has 0 spiro atoms. The van der Waals surface area contributed by atoms with E-state index in [2.05, 4.69) is 45.1 Å². The fraction of sp³-hybridized carbons (Fsp3) is 0.478. The fourth-order valence-electron chi connectivity index (χ4n) is 4.16. The predicted octanol–water partition coefficient (Wildman–Crippen LogP) is 4.24. The summed E-state index contributed by atoms with van der Waals surface area (Å²) in [6, 6.07) is 9.67. The van der Waals surface area contributed by atoms with Gasteiger partial charge in [-0.25, -0.2) is 8.42 Å². The molecule has 0 amide bonds. The number of rotatable bonds is 8. The van der Waals surface area contributed by atoms with Crippen LogP contribution < -0.4 is 10.6 Å². The van der Waals surface area contributed by atoms with Crippen molar-refractivity contribution in [1.82, 2.24) is 18.0 Å². The van der Waals surface area contributed by atoms with Crippen molar-refractivity contribution in [2.45, 2.75) is 37.9 Å². The average Bonchev–Trinajstić information content (AvgIpc) is 3.39. The third-order valence-corrected chi connectivity index (χ3v) is 10.2. The zero-order chi connectivity index (χ0) is 26.1. The summed E-state index contributed by atoms with van der Waals surface area (Å²) < 4.78 is 48.1. The van der Waals surface area contributed by atoms with Gasteiger partial charge in [-0.1, -0.05) is 58.0 Å². The fourth-order valence-corrected chi connectivity index (χ4v) is 7.58. The second-order valence-electron chi connectivity index (χ2n) is 9.71. The summed E-state index contributed by atoms with van der Waals surface area (Å²) in [4.78, 5) is 2.18. The molecule has 2 atom stereocenters. The lowest BCUT2D eigenvalue weighted by atomic mass is 9.82. The van der Waals surface area contributed by atoms with E-state index in [1.165, 1.54) is 9.69 Å². The van der Waals surface area contributed by atoms with Gasteiger partial charge in [-0.3, -0.25) is 0 Å². The molecule has 4 rings (SSSR count). The van der Waals surface area contributed by atoms with Crippen LogP contribution in [0.3, 0.4) is 0 Å². The first-order valence-electron chi connectivity index (χ1n) is 11.7. The standard InChI is InChI=1S/C23H32N6O4S3/c1-5-28-11-13-29(14-12-28)36(32,33)22-18(30)17(15-34-22)24-20-21(27-35(31)26-20)25-19(23(2,3)4)16-9-7-6-8-10-16/h6-10,15,19,30H,5,11-14H2,1-4H3,(H,24,26)(H,25,27)/t19-,35?/m0/s1. The van der Waals surface area contributed by atoms with E-state index in [0.717, 1.165) is 23.4 Å². The minimum atomic E-state index is -3.85. The van der Waals surface area contributed by atoms with Gasteiger partial charge < -0.3 is 25.2 Å². The molecule has 2 aromatic heterocycles. The van der Waals surface area contributed by atoms with E-state index in [4.69, 9.17) is 0 Å². The molecule has 10 nitrogen and oxygen atoms in total. The number of aromatic hydroxyl groups is 1. The van der Waals surface area contributed by atoms with Gasteiger partial charge in [0.05, 0.1) is 11.7 Å². The zero-order valence-corrected chi connectivity index (χ0v) is 23.2. The highest BCUT2D eigenvalue weighted by molar-refractivity contribution is 7.91. The van der Waals surface area contributed by atoms with Crippen LogP contribution in [0, 0.1) is 5.41 Å². The van der Waals surface area contributed by atoms with Crippen molar-refractivity contribution < 1.29 is 18.1 Å². The van der Waals surface area contributed by atoms with Crippen LogP contribution >= 0.6 is 22.5 Å². The lowest BCUT2D eigenvalue weighted by molar-refractivity contribution is 0.196. The van der Waals surface area contributed by atoms with Crippen LogP contribution in [0.4, 0.5) is 17.3 Å². The average molecular weight is 553 g/mol. The number of anilines is 3. The molecule has 3 heterocycles. The summed E-state index contributed by atoms with van der Waals surface area (Å²) in [6.45, 7) is 11.2. The normalized spacial score (nSPS) is 17.2. The summed E-state index contributed by atoms with van der Waals surface area (Å²) >= 11 is -0.903. The molecule has 0 bridgehead atoms. The molecule has 1 aliphatic heterocycles. The number of piperazine rings is 1. The Kier molecular flexibility index (Phi) is 7.88. The Morgan fingerprint density at radius 1 is 1.14 bits per heavy atom. The molecule has 196 valence electrons. The van der Waals surface area contributed by atoms with Crippen molar-refractivity contribution in [3.63, 3.8) is 0 Å². The van der Waals surface area contributed by atoms with Crippen LogP contribution in [-0.4, -0.2) is 68.8 Å². The van der Waals surface area contributed by atoms with E-state index in [1.54, 1.807) is 0 Å². The Morgan fingerprint density at radius 2 is 1.78 bits per heavy atom. The largest absolute Gasteiger partial charge is 0.546 e. The number of thiophene rings is 1. The number of likely N-dealkylation sites (N-methyl/N-ethyl adjacent to an activating group) is 1. The molecular formula is C23H32N6O4S3. The van der Waals surface area contributed by atoms with E-state index >= 15 is 0 Å². The van der Waals surface area contributed by atoms with Gasteiger partial charge in [0.2, 0.25) is 11.6 Å². The molecule has 1 fully saturated rings. The Bertz CT molecular complexity index is 1280. The minimum Gasteiger partial charge on any atom is -0.546 e. The highest BCUT2D eigenvalue weighted by Gasteiger charge is 2.34. The quantitative estimate of drug-likeness (QED) is 0.351. The highest BCUT2D eigenvalue weighted by atomic mass is 32.2. The van der Waals surface area contributed by atoms with Crippen LogP contribution in [0.25, 0.3) is 0 Å². The van der Waals surface area contributed by atoms with Gasteiger partial charge >= 0.3 is 0 Å². The SMILES string of the molecule is CCN1CCN(S(=O)(=O)c2scc(Nc3n[s+]([O-])nc3N[C@@H](c3ccccc3)C(C)(C)C)c2O)CC1. The van der Waals surface area contributed by atoms with Gasteiger partial charge in [0.15, 0.2) is 21.1 Å². The number of benzene rings is 1. The van der Waals surface area contributed by atoms with E-state index in [9.17, 15) is 18.1 Å². The van der Waals surface area contributed by atoms with Crippen molar-refractivity contribution in [1.29, 1.82) is 0 Å². The topological polar surface area (TPSA) is 134 Å². The number of nitrogens with zero attached hydrogens (tertiary/aromatic N) is 4. The smallest absolute Gasteiger partial charge is 0.256 e. The van der Waals surface area contributed by atoms with Crippen LogP contribution in [0.2, 0.25) is 0 Å². The molecular weight excluding hydrogens is 520 g/mol. The Balaban J connectivity index is 1.57. The summed E-state index contributed by atoms with van der Waals surface area (Å²) in [6.07, 6.45) is 0. The first kappa shape index (κ1) is 26.8. The van der Waals surface area contributed by atoms with Gasteiger partial charge in [0, 0.05) is 40.3 Å². The summed E-state index contributed by atoms with van der Waals surface area (Å²) in [7, 11) is -3.85. The van der Waals surface area contributed by atoms with Crippen molar-refractivity contribution in [3.05, 3.63) is 41.3 Å². The lowest BCUT2D eigenvalue weighted by Gasteiger charge is -2.32. The number of hydrogen-bond donors (Lipinski definition) is 3. The monoisotopic (exact) mass is 552 g/mol. The highest BCUT2D eigenvalue weighted by Crippen LogP contribution is 2.43. The van der Waals surface area contributed by atoms with Crippen molar-refractivity contribution >= 4 is 49.8 Å². The second kappa shape index (κ2) is 10.6. The molecule has 0 radical (unpaired) electrons. The summed E-state index contributed by atoms with van der Waals surface area (Å²) in [5.41, 5.74) is 0.983. The van der Waals surface area contributed by atoms with Crippen LogP contribution in [0.15, 0.2) is 39.9 Å². The van der Waals surface area contributed by atoms with Crippen molar-refractivity contribution in [3.8, 4) is 5.75 Å². The predicted molar refractivity (Wildman–Crippen MR) is 143 cm³/mol. The Labute approximate surface area is 219 Å². The summed E-state index contributed by atoms with van der Waals surface area (Å²) in [5.74, 6) is 0.0722. The molecule has 1 aliphatic rings. The Hall–Kier alpha value is -2.29. The zero-order valence-electron chi connectivity index (χ0n) is 20.8. The van der Waals surface area contributed by atoms with Gasteiger partial charge in [0.1, 0.15) is 0 Å². The van der Waals surface area contributed by atoms with Gasteiger partial charge in [-0.15, -0.1) is 11.3 Å². The number of sulfonamides is 1. The molecule has 1 unspecified atom stereocenters. The Morgan fingerprint density at radius 3 is 2.39 bits per heavy atom. The third kappa shape index (κ3) is 5.66.